The van der Waals surface area contributed by atoms with E-state index in [1.165, 1.54) is 19.1 Å². The number of benzene rings is 1. The number of carbonyl (C=O) groups excluding carboxylic acids is 1. The van der Waals surface area contributed by atoms with E-state index < -0.39 is 27.8 Å². The van der Waals surface area contributed by atoms with Crippen molar-refractivity contribution in [2.45, 2.75) is 19.5 Å². The molecule has 1 heterocycles. The van der Waals surface area contributed by atoms with Gasteiger partial charge in [0, 0.05) is 18.9 Å². The highest BCUT2D eigenvalue weighted by molar-refractivity contribution is 7.92. The molecule has 1 amide bonds. The van der Waals surface area contributed by atoms with Gasteiger partial charge in [-0.05, 0) is 48.9 Å². The van der Waals surface area contributed by atoms with Crippen LogP contribution in [0, 0.1) is 5.82 Å². The van der Waals surface area contributed by atoms with Crippen LogP contribution in [0.3, 0.4) is 0 Å². The van der Waals surface area contributed by atoms with Crippen LogP contribution in [-0.4, -0.2) is 31.6 Å². The Hall–Kier alpha value is -2.48. The lowest BCUT2D eigenvalue weighted by Gasteiger charge is -2.28. The van der Waals surface area contributed by atoms with Gasteiger partial charge < -0.3 is 5.32 Å². The van der Waals surface area contributed by atoms with Crippen LogP contribution >= 0.6 is 0 Å². The Bertz CT molecular complexity index is 795. The lowest BCUT2D eigenvalue weighted by molar-refractivity contribution is -0.122. The fraction of sp³-hybridized carbons (Fsp3) is 0.250. The van der Waals surface area contributed by atoms with Crippen molar-refractivity contribution < 1.29 is 17.6 Å². The van der Waals surface area contributed by atoms with Gasteiger partial charge in [-0.2, -0.15) is 0 Å². The number of nitrogens with zero attached hydrogens (tertiary/aromatic N) is 2. The molecule has 0 radical (unpaired) electrons. The summed E-state index contributed by atoms with van der Waals surface area (Å²) < 4.78 is 38.2. The van der Waals surface area contributed by atoms with E-state index in [1.54, 1.807) is 24.5 Å². The number of hydrogen-bond acceptors (Lipinski definition) is 4. The second-order valence-corrected chi connectivity index (χ2v) is 7.14. The summed E-state index contributed by atoms with van der Waals surface area (Å²) >= 11 is 0. The van der Waals surface area contributed by atoms with E-state index in [9.17, 15) is 17.6 Å². The molecule has 1 aromatic carbocycles. The maximum atomic E-state index is 13.1. The third-order valence-electron chi connectivity index (χ3n) is 3.39. The summed E-state index contributed by atoms with van der Waals surface area (Å²) in [7, 11) is -3.72. The normalized spacial score (nSPS) is 12.5. The summed E-state index contributed by atoms with van der Waals surface area (Å²) in [4.78, 5) is 16.2. The highest BCUT2D eigenvalue weighted by Crippen LogP contribution is 2.21. The Kier molecular flexibility index (Phi) is 5.50. The Balaban J connectivity index is 2.17. The van der Waals surface area contributed by atoms with Crippen LogP contribution in [0.25, 0.3) is 0 Å². The average Bonchev–Trinajstić information content (AvgIpc) is 2.54. The highest BCUT2D eigenvalue weighted by atomic mass is 32.2. The van der Waals surface area contributed by atoms with Gasteiger partial charge in [0.25, 0.3) is 0 Å². The number of nitrogens with one attached hydrogen (secondary N) is 1. The number of rotatable bonds is 6. The van der Waals surface area contributed by atoms with Crippen molar-refractivity contribution in [1.82, 2.24) is 10.3 Å². The quantitative estimate of drug-likeness (QED) is 0.859. The number of carbonyl (C=O) groups is 1. The number of pyridine rings is 1. The predicted molar refractivity (Wildman–Crippen MR) is 89.3 cm³/mol. The molecule has 0 spiro atoms. The molecular weight excluding hydrogens is 333 g/mol. The van der Waals surface area contributed by atoms with Gasteiger partial charge in [-0.25, -0.2) is 12.8 Å². The number of anilines is 1. The number of halogens is 1. The highest BCUT2D eigenvalue weighted by Gasteiger charge is 2.28. The van der Waals surface area contributed by atoms with E-state index in [0.717, 1.165) is 28.3 Å². The molecule has 128 valence electrons. The van der Waals surface area contributed by atoms with E-state index in [4.69, 9.17) is 0 Å². The zero-order valence-electron chi connectivity index (χ0n) is 13.3. The molecule has 0 saturated carbocycles. The molecular formula is C16H18FN3O3S. The Morgan fingerprint density at radius 1 is 1.21 bits per heavy atom. The Morgan fingerprint density at radius 2 is 1.79 bits per heavy atom. The first-order chi connectivity index (χ1) is 11.3. The van der Waals surface area contributed by atoms with Crippen LogP contribution in [0.5, 0.6) is 0 Å². The second kappa shape index (κ2) is 7.39. The molecule has 0 aliphatic rings. The molecule has 0 bridgehead atoms. The largest absolute Gasteiger partial charge is 0.350 e. The van der Waals surface area contributed by atoms with Gasteiger partial charge in [-0.15, -0.1) is 0 Å². The first-order valence-electron chi connectivity index (χ1n) is 7.20. The van der Waals surface area contributed by atoms with Crippen LogP contribution < -0.4 is 9.62 Å². The topological polar surface area (TPSA) is 79.4 Å². The van der Waals surface area contributed by atoms with Crippen molar-refractivity contribution >= 4 is 21.6 Å². The van der Waals surface area contributed by atoms with Crippen LogP contribution in [0.4, 0.5) is 10.1 Å². The first-order valence-corrected chi connectivity index (χ1v) is 9.05. The molecule has 0 fully saturated rings. The fourth-order valence-corrected chi connectivity index (χ4v) is 3.41. The minimum Gasteiger partial charge on any atom is -0.350 e. The van der Waals surface area contributed by atoms with Gasteiger partial charge in [0.15, 0.2) is 0 Å². The standard InChI is InChI=1S/C16H18FN3O3S/c1-12(16(21)19-11-13-7-9-18-10-8-13)20(24(2,22)23)15-5-3-14(17)4-6-15/h3-10,12H,11H2,1-2H3,(H,19,21)/t12-/m0/s1. The number of amides is 1. The average molecular weight is 351 g/mol. The van der Waals surface area contributed by atoms with Crippen molar-refractivity contribution in [3.05, 3.63) is 60.2 Å². The van der Waals surface area contributed by atoms with Crippen molar-refractivity contribution in [2.75, 3.05) is 10.6 Å². The van der Waals surface area contributed by atoms with Crippen LogP contribution in [-0.2, 0) is 21.4 Å². The zero-order chi connectivity index (χ0) is 17.7. The van der Waals surface area contributed by atoms with Gasteiger partial charge in [0.05, 0.1) is 11.9 Å². The van der Waals surface area contributed by atoms with Crippen LogP contribution in [0.2, 0.25) is 0 Å². The molecule has 1 aromatic heterocycles. The Morgan fingerprint density at radius 3 is 2.33 bits per heavy atom. The molecule has 0 aliphatic carbocycles. The zero-order valence-corrected chi connectivity index (χ0v) is 14.1. The molecule has 1 N–H and O–H groups in total. The summed E-state index contributed by atoms with van der Waals surface area (Å²) in [5.74, 6) is -0.941. The first kappa shape index (κ1) is 17.9. The fourth-order valence-electron chi connectivity index (χ4n) is 2.23. The molecule has 2 aromatic rings. The van der Waals surface area contributed by atoms with Crippen molar-refractivity contribution in [1.29, 1.82) is 0 Å². The number of aromatic nitrogens is 1. The molecule has 24 heavy (non-hydrogen) atoms. The lowest BCUT2D eigenvalue weighted by Crippen LogP contribution is -2.47. The smallest absolute Gasteiger partial charge is 0.243 e. The summed E-state index contributed by atoms with van der Waals surface area (Å²) in [5.41, 5.74) is 1.07. The van der Waals surface area contributed by atoms with E-state index >= 15 is 0 Å². The van der Waals surface area contributed by atoms with E-state index in [1.807, 2.05) is 0 Å². The number of sulfonamides is 1. The molecule has 0 aliphatic heterocycles. The molecule has 0 unspecified atom stereocenters. The van der Waals surface area contributed by atoms with Crippen molar-refractivity contribution in [3.8, 4) is 0 Å². The minimum absolute atomic E-state index is 0.227. The maximum Gasteiger partial charge on any atom is 0.243 e. The molecule has 2 rings (SSSR count). The molecule has 8 heteroatoms. The van der Waals surface area contributed by atoms with E-state index in [0.29, 0.717) is 0 Å². The van der Waals surface area contributed by atoms with Gasteiger partial charge in [0.2, 0.25) is 15.9 Å². The van der Waals surface area contributed by atoms with Crippen molar-refractivity contribution in [2.24, 2.45) is 0 Å². The number of hydrogen-bond donors (Lipinski definition) is 1. The summed E-state index contributed by atoms with van der Waals surface area (Å²) in [6.45, 7) is 1.74. The third-order valence-corrected chi connectivity index (χ3v) is 4.63. The van der Waals surface area contributed by atoms with Crippen molar-refractivity contribution in [3.63, 3.8) is 0 Å². The summed E-state index contributed by atoms with van der Waals surface area (Å²) in [6, 6.07) is 7.46. The maximum absolute atomic E-state index is 13.1. The van der Waals surface area contributed by atoms with Gasteiger partial charge in [-0.3, -0.25) is 14.1 Å². The Labute approximate surface area is 140 Å². The van der Waals surface area contributed by atoms with E-state index in [2.05, 4.69) is 10.3 Å². The van der Waals surface area contributed by atoms with Gasteiger partial charge in [0.1, 0.15) is 11.9 Å². The summed E-state index contributed by atoms with van der Waals surface area (Å²) in [6.07, 6.45) is 4.21. The van der Waals surface area contributed by atoms with Gasteiger partial charge in [-0.1, -0.05) is 0 Å². The predicted octanol–water partition coefficient (Wildman–Crippen LogP) is 1.69. The van der Waals surface area contributed by atoms with Gasteiger partial charge >= 0.3 is 0 Å². The van der Waals surface area contributed by atoms with Crippen LogP contribution in [0.1, 0.15) is 12.5 Å². The second-order valence-electron chi connectivity index (χ2n) is 5.28. The SMILES string of the molecule is C[C@@H](C(=O)NCc1ccncc1)N(c1ccc(F)cc1)S(C)(=O)=O. The molecule has 0 saturated heterocycles. The molecule has 1 atom stereocenters. The summed E-state index contributed by atoms with van der Waals surface area (Å²) in [5, 5.41) is 2.69. The van der Waals surface area contributed by atoms with Crippen LogP contribution in [0.15, 0.2) is 48.8 Å². The van der Waals surface area contributed by atoms with E-state index in [-0.39, 0.29) is 12.2 Å². The molecule has 6 nitrogen and oxygen atoms in total. The third kappa shape index (κ3) is 4.51. The minimum atomic E-state index is -3.72. The lowest BCUT2D eigenvalue weighted by atomic mass is 10.2. The monoisotopic (exact) mass is 351 g/mol.